The number of anilines is 3. The van der Waals surface area contributed by atoms with Crippen LogP contribution < -0.4 is 19.8 Å². The van der Waals surface area contributed by atoms with E-state index in [0.717, 1.165) is 22.6 Å². The number of hydrazone groups is 1. The molecule has 176 valence electrons. The van der Waals surface area contributed by atoms with Crippen LogP contribution in [0.5, 0.6) is 11.5 Å². The standard InChI is InChI=1S/C29H27N3O3/c1-2-34-27-15-9-10-16-28(27)35-22-29(33)31-30-21-23-17-19-26(20-18-23)32(24-11-5-3-6-12-24)25-13-7-4-8-14-25/h3-21H,2,22H2,1H3,(H,31,33). The van der Waals surface area contributed by atoms with Crippen molar-refractivity contribution in [2.24, 2.45) is 5.10 Å². The van der Waals surface area contributed by atoms with Crippen LogP contribution in [0.15, 0.2) is 114 Å². The average molecular weight is 466 g/mol. The normalized spacial score (nSPS) is 10.7. The molecule has 0 aromatic heterocycles. The first-order chi connectivity index (χ1) is 17.2. The molecule has 0 bridgehead atoms. The lowest BCUT2D eigenvalue weighted by molar-refractivity contribution is -0.123. The monoisotopic (exact) mass is 465 g/mol. The highest BCUT2D eigenvalue weighted by atomic mass is 16.5. The van der Waals surface area contributed by atoms with Gasteiger partial charge in [-0.2, -0.15) is 5.10 Å². The Hall–Kier alpha value is -4.58. The Kier molecular flexibility index (Phi) is 8.11. The summed E-state index contributed by atoms with van der Waals surface area (Å²) in [4.78, 5) is 14.3. The molecule has 0 spiro atoms. The third-order valence-corrected chi connectivity index (χ3v) is 5.09. The minimum atomic E-state index is -0.358. The average Bonchev–Trinajstić information content (AvgIpc) is 2.91. The van der Waals surface area contributed by atoms with Crippen LogP contribution in [0.1, 0.15) is 12.5 Å². The lowest BCUT2D eigenvalue weighted by Crippen LogP contribution is -2.24. The number of ether oxygens (including phenoxy) is 2. The fourth-order valence-corrected chi connectivity index (χ4v) is 3.51. The molecule has 0 aliphatic rings. The second-order valence-corrected chi connectivity index (χ2v) is 7.56. The fraction of sp³-hybridized carbons (Fsp3) is 0.103. The molecule has 35 heavy (non-hydrogen) atoms. The van der Waals surface area contributed by atoms with Crippen molar-refractivity contribution < 1.29 is 14.3 Å². The van der Waals surface area contributed by atoms with E-state index in [1.165, 1.54) is 0 Å². The molecule has 1 N–H and O–H groups in total. The van der Waals surface area contributed by atoms with E-state index in [1.54, 1.807) is 18.3 Å². The van der Waals surface area contributed by atoms with E-state index in [1.807, 2.05) is 79.7 Å². The van der Waals surface area contributed by atoms with Crippen molar-refractivity contribution in [2.45, 2.75) is 6.92 Å². The zero-order valence-corrected chi connectivity index (χ0v) is 19.5. The van der Waals surface area contributed by atoms with Gasteiger partial charge in [0.2, 0.25) is 0 Å². The zero-order valence-electron chi connectivity index (χ0n) is 19.5. The quantitative estimate of drug-likeness (QED) is 0.228. The number of hydrogen-bond donors (Lipinski definition) is 1. The molecular formula is C29H27N3O3. The van der Waals surface area contributed by atoms with Gasteiger partial charge in [-0.1, -0.05) is 60.7 Å². The second-order valence-electron chi connectivity index (χ2n) is 7.56. The second kappa shape index (κ2) is 12.0. The molecule has 4 rings (SSSR count). The van der Waals surface area contributed by atoms with Crippen LogP contribution in [0.3, 0.4) is 0 Å². The summed E-state index contributed by atoms with van der Waals surface area (Å²) in [5, 5.41) is 4.05. The summed E-state index contributed by atoms with van der Waals surface area (Å²) in [5.74, 6) is 0.764. The third kappa shape index (κ3) is 6.48. The minimum Gasteiger partial charge on any atom is -0.490 e. The van der Waals surface area contributed by atoms with E-state index >= 15 is 0 Å². The number of rotatable bonds is 10. The first-order valence-electron chi connectivity index (χ1n) is 11.4. The first-order valence-corrected chi connectivity index (χ1v) is 11.4. The van der Waals surface area contributed by atoms with Crippen LogP contribution in [0, 0.1) is 0 Å². The minimum absolute atomic E-state index is 0.163. The predicted molar refractivity (Wildman–Crippen MR) is 140 cm³/mol. The molecule has 0 aliphatic carbocycles. The summed E-state index contributed by atoms with van der Waals surface area (Å²) in [5.41, 5.74) is 6.51. The molecule has 1 amide bonds. The van der Waals surface area contributed by atoms with E-state index in [2.05, 4.69) is 39.7 Å². The van der Waals surface area contributed by atoms with Crippen LogP contribution in [0.4, 0.5) is 17.1 Å². The molecule has 0 unspecified atom stereocenters. The van der Waals surface area contributed by atoms with Crippen LogP contribution in [-0.2, 0) is 4.79 Å². The highest BCUT2D eigenvalue weighted by Crippen LogP contribution is 2.33. The number of amides is 1. The summed E-state index contributed by atoms with van der Waals surface area (Å²) in [7, 11) is 0. The number of carbonyl (C=O) groups excluding carboxylic acids is 1. The summed E-state index contributed by atoms with van der Waals surface area (Å²) < 4.78 is 11.1. The lowest BCUT2D eigenvalue weighted by atomic mass is 10.1. The van der Waals surface area contributed by atoms with Crippen LogP contribution in [0.25, 0.3) is 0 Å². The Morgan fingerprint density at radius 3 is 1.83 bits per heavy atom. The van der Waals surface area contributed by atoms with E-state index in [-0.39, 0.29) is 12.5 Å². The number of nitrogens with one attached hydrogen (secondary N) is 1. The molecule has 0 fully saturated rings. The van der Waals surface area contributed by atoms with E-state index in [0.29, 0.717) is 18.1 Å². The SMILES string of the molecule is CCOc1ccccc1OCC(=O)NN=Cc1ccc(N(c2ccccc2)c2ccccc2)cc1. The highest BCUT2D eigenvalue weighted by molar-refractivity contribution is 5.84. The molecular weight excluding hydrogens is 438 g/mol. The number of nitrogens with zero attached hydrogens (tertiary/aromatic N) is 2. The third-order valence-electron chi connectivity index (χ3n) is 5.09. The summed E-state index contributed by atoms with van der Waals surface area (Å²) in [6.07, 6.45) is 1.60. The Bertz CT molecular complexity index is 1200. The summed E-state index contributed by atoms with van der Waals surface area (Å²) in [6.45, 7) is 2.25. The van der Waals surface area contributed by atoms with Crippen molar-refractivity contribution in [1.82, 2.24) is 5.43 Å². The van der Waals surface area contributed by atoms with Gasteiger partial charge in [0.1, 0.15) is 0 Å². The lowest BCUT2D eigenvalue weighted by Gasteiger charge is -2.25. The van der Waals surface area contributed by atoms with Crippen LogP contribution in [-0.4, -0.2) is 25.3 Å². The number of benzene rings is 4. The zero-order chi connectivity index (χ0) is 24.3. The number of para-hydroxylation sites is 4. The van der Waals surface area contributed by atoms with Gasteiger partial charge in [-0.3, -0.25) is 4.79 Å². The van der Waals surface area contributed by atoms with Gasteiger partial charge in [-0.05, 0) is 61.0 Å². The highest BCUT2D eigenvalue weighted by Gasteiger charge is 2.11. The van der Waals surface area contributed by atoms with E-state index < -0.39 is 0 Å². The van der Waals surface area contributed by atoms with E-state index in [4.69, 9.17) is 9.47 Å². The van der Waals surface area contributed by atoms with Gasteiger partial charge in [-0.25, -0.2) is 5.43 Å². The van der Waals surface area contributed by atoms with Gasteiger partial charge in [0.05, 0.1) is 12.8 Å². The van der Waals surface area contributed by atoms with Gasteiger partial charge >= 0.3 is 0 Å². The van der Waals surface area contributed by atoms with Gasteiger partial charge in [0.15, 0.2) is 18.1 Å². The molecule has 4 aromatic rings. The molecule has 0 saturated carbocycles. The molecule has 6 heteroatoms. The van der Waals surface area contributed by atoms with Crippen LogP contribution >= 0.6 is 0 Å². The smallest absolute Gasteiger partial charge is 0.277 e. The number of carbonyl (C=O) groups is 1. The van der Waals surface area contributed by atoms with Crippen molar-refractivity contribution in [3.8, 4) is 11.5 Å². The largest absolute Gasteiger partial charge is 0.490 e. The molecule has 0 aliphatic heterocycles. The molecule has 0 heterocycles. The van der Waals surface area contributed by atoms with Gasteiger partial charge < -0.3 is 14.4 Å². The summed E-state index contributed by atoms with van der Waals surface area (Å²) >= 11 is 0. The maximum atomic E-state index is 12.1. The van der Waals surface area contributed by atoms with Crippen molar-refractivity contribution >= 4 is 29.2 Å². The number of hydrogen-bond acceptors (Lipinski definition) is 5. The Morgan fingerprint density at radius 2 is 1.26 bits per heavy atom. The van der Waals surface area contributed by atoms with E-state index in [9.17, 15) is 4.79 Å². The van der Waals surface area contributed by atoms with Crippen molar-refractivity contribution in [3.05, 3.63) is 115 Å². The van der Waals surface area contributed by atoms with Gasteiger partial charge in [0.25, 0.3) is 5.91 Å². The predicted octanol–water partition coefficient (Wildman–Crippen LogP) is 6.08. The van der Waals surface area contributed by atoms with Gasteiger partial charge in [0, 0.05) is 17.1 Å². The molecule has 6 nitrogen and oxygen atoms in total. The van der Waals surface area contributed by atoms with Crippen LogP contribution in [0.2, 0.25) is 0 Å². The Labute approximate surface area is 205 Å². The maximum absolute atomic E-state index is 12.1. The Balaban J connectivity index is 1.38. The topological polar surface area (TPSA) is 63.2 Å². The Morgan fingerprint density at radius 1 is 0.743 bits per heavy atom. The van der Waals surface area contributed by atoms with Crippen molar-refractivity contribution in [3.63, 3.8) is 0 Å². The molecule has 0 radical (unpaired) electrons. The van der Waals surface area contributed by atoms with Gasteiger partial charge in [-0.15, -0.1) is 0 Å². The maximum Gasteiger partial charge on any atom is 0.277 e. The first kappa shape index (κ1) is 23.6. The van der Waals surface area contributed by atoms with Crippen molar-refractivity contribution in [2.75, 3.05) is 18.1 Å². The fourth-order valence-electron chi connectivity index (χ4n) is 3.51. The van der Waals surface area contributed by atoms with Crippen molar-refractivity contribution in [1.29, 1.82) is 0 Å². The summed E-state index contributed by atoms with van der Waals surface area (Å²) in [6, 6.07) is 35.6. The molecule has 4 aromatic carbocycles. The molecule has 0 atom stereocenters. The molecule has 0 saturated heterocycles.